The van der Waals surface area contributed by atoms with Crippen LogP contribution in [0.1, 0.15) is 28.8 Å². The number of hydrogen-bond donors (Lipinski definition) is 0. The van der Waals surface area contributed by atoms with Gasteiger partial charge in [-0.25, -0.2) is 0 Å². The normalized spacial score (nSPS) is 10.3. The fourth-order valence-electron chi connectivity index (χ4n) is 2.01. The summed E-state index contributed by atoms with van der Waals surface area (Å²) < 4.78 is 10.7. The maximum atomic E-state index is 11.9. The highest BCUT2D eigenvalue weighted by Crippen LogP contribution is 2.12. The number of methoxy groups -OCH3 is 1. The van der Waals surface area contributed by atoms with Crippen molar-refractivity contribution in [1.29, 1.82) is 0 Å². The van der Waals surface area contributed by atoms with E-state index in [4.69, 9.17) is 9.47 Å². The zero-order valence-corrected chi connectivity index (χ0v) is 12.2. The van der Waals surface area contributed by atoms with Crippen LogP contribution in [0.3, 0.4) is 0 Å². The first-order valence-electron chi connectivity index (χ1n) is 7.08. The van der Waals surface area contributed by atoms with Gasteiger partial charge in [-0.15, -0.1) is 0 Å². The van der Waals surface area contributed by atoms with Crippen LogP contribution in [0, 0.1) is 0 Å². The summed E-state index contributed by atoms with van der Waals surface area (Å²) in [5.74, 6) is 1.01. The second kappa shape index (κ2) is 8.22. The van der Waals surface area contributed by atoms with Gasteiger partial charge in [0.2, 0.25) is 0 Å². The number of benzene rings is 2. The molecule has 2 aromatic carbocycles. The van der Waals surface area contributed by atoms with E-state index in [1.807, 2.05) is 54.6 Å². The number of carbonyl (C=O) groups is 1. The first-order valence-corrected chi connectivity index (χ1v) is 7.08. The lowest BCUT2D eigenvalue weighted by Crippen LogP contribution is -2.02. The fourth-order valence-corrected chi connectivity index (χ4v) is 2.01. The molecule has 0 aliphatic rings. The maximum Gasteiger partial charge on any atom is 0.162 e. The van der Waals surface area contributed by atoms with Crippen molar-refractivity contribution in [2.75, 3.05) is 13.7 Å². The molecule has 3 nitrogen and oxygen atoms in total. The van der Waals surface area contributed by atoms with Crippen molar-refractivity contribution in [2.45, 2.75) is 19.4 Å². The predicted octanol–water partition coefficient (Wildman–Crippen LogP) is 3.87. The Balaban J connectivity index is 1.64. The Bertz CT molecular complexity index is 546. The standard InChI is InChI=1S/C18H20O3/c1-20-17-11-9-15(10-12-17)14-21-13-5-8-18(19)16-6-3-2-4-7-16/h2-4,6-7,9-12H,5,8,13-14H2,1H3. The fraction of sp³-hybridized carbons (Fsp3) is 0.278. The smallest absolute Gasteiger partial charge is 0.162 e. The van der Waals surface area contributed by atoms with Gasteiger partial charge in [-0.2, -0.15) is 0 Å². The summed E-state index contributed by atoms with van der Waals surface area (Å²) in [6.07, 6.45) is 1.26. The molecule has 3 heteroatoms. The predicted molar refractivity (Wildman–Crippen MR) is 82.7 cm³/mol. The van der Waals surface area contributed by atoms with E-state index in [2.05, 4.69) is 0 Å². The largest absolute Gasteiger partial charge is 0.497 e. The third kappa shape index (κ3) is 5.04. The number of Topliss-reactive ketones (excluding diaryl/α,β-unsaturated/α-hetero) is 1. The van der Waals surface area contributed by atoms with E-state index in [0.717, 1.165) is 23.3 Å². The average molecular weight is 284 g/mol. The number of ether oxygens (including phenoxy) is 2. The molecule has 0 aromatic heterocycles. The highest BCUT2D eigenvalue weighted by atomic mass is 16.5. The van der Waals surface area contributed by atoms with E-state index >= 15 is 0 Å². The Morgan fingerprint density at radius 3 is 2.38 bits per heavy atom. The minimum Gasteiger partial charge on any atom is -0.497 e. The molecule has 2 rings (SSSR count). The monoisotopic (exact) mass is 284 g/mol. The minimum atomic E-state index is 0.170. The van der Waals surface area contributed by atoms with Gasteiger partial charge in [-0.1, -0.05) is 42.5 Å². The van der Waals surface area contributed by atoms with E-state index in [1.54, 1.807) is 7.11 Å². The molecular weight excluding hydrogens is 264 g/mol. The second-order valence-corrected chi connectivity index (χ2v) is 4.79. The summed E-state index contributed by atoms with van der Waals surface area (Å²) >= 11 is 0. The lowest BCUT2D eigenvalue weighted by molar-refractivity contribution is 0.0919. The molecule has 0 aliphatic carbocycles. The zero-order valence-electron chi connectivity index (χ0n) is 12.2. The van der Waals surface area contributed by atoms with Gasteiger partial charge in [-0.3, -0.25) is 4.79 Å². The van der Waals surface area contributed by atoms with Crippen molar-refractivity contribution in [1.82, 2.24) is 0 Å². The Labute approximate surface area is 125 Å². The van der Waals surface area contributed by atoms with E-state index in [0.29, 0.717) is 19.6 Å². The molecule has 0 aliphatic heterocycles. The quantitative estimate of drug-likeness (QED) is 0.545. The van der Waals surface area contributed by atoms with Crippen LogP contribution in [0.25, 0.3) is 0 Å². The van der Waals surface area contributed by atoms with E-state index in [1.165, 1.54) is 0 Å². The van der Waals surface area contributed by atoms with Crippen molar-refractivity contribution in [3.8, 4) is 5.75 Å². The molecule has 0 saturated carbocycles. The molecule has 0 fully saturated rings. The summed E-state index contributed by atoms with van der Waals surface area (Å²) in [7, 11) is 1.65. The van der Waals surface area contributed by atoms with Crippen LogP contribution in [0.15, 0.2) is 54.6 Å². The Morgan fingerprint density at radius 1 is 1.00 bits per heavy atom. The molecule has 0 N–H and O–H groups in total. The van der Waals surface area contributed by atoms with E-state index in [-0.39, 0.29) is 5.78 Å². The maximum absolute atomic E-state index is 11.9. The Kier molecular flexibility index (Phi) is 5.98. The third-order valence-electron chi connectivity index (χ3n) is 3.22. The van der Waals surface area contributed by atoms with Gasteiger partial charge in [0.15, 0.2) is 5.78 Å². The second-order valence-electron chi connectivity index (χ2n) is 4.79. The third-order valence-corrected chi connectivity index (χ3v) is 3.22. The minimum absolute atomic E-state index is 0.170. The molecule has 0 unspecified atom stereocenters. The molecular formula is C18H20O3. The van der Waals surface area contributed by atoms with E-state index in [9.17, 15) is 4.79 Å². The topological polar surface area (TPSA) is 35.5 Å². The molecule has 0 heterocycles. The number of hydrogen-bond acceptors (Lipinski definition) is 3. The van der Waals surface area contributed by atoms with Gasteiger partial charge >= 0.3 is 0 Å². The average Bonchev–Trinajstić information content (AvgIpc) is 2.55. The highest BCUT2D eigenvalue weighted by molar-refractivity contribution is 5.95. The van der Waals surface area contributed by atoms with Crippen molar-refractivity contribution in [3.05, 3.63) is 65.7 Å². The van der Waals surface area contributed by atoms with Crippen LogP contribution in [-0.4, -0.2) is 19.5 Å². The summed E-state index contributed by atoms with van der Waals surface area (Å²) in [6, 6.07) is 17.2. The first kappa shape index (κ1) is 15.3. The van der Waals surface area contributed by atoms with Crippen molar-refractivity contribution >= 4 is 5.78 Å². The molecule has 0 atom stereocenters. The number of rotatable bonds is 8. The van der Waals surface area contributed by atoms with Crippen LogP contribution < -0.4 is 4.74 Å². The molecule has 2 aromatic rings. The molecule has 0 amide bonds. The highest BCUT2D eigenvalue weighted by Gasteiger charge is 2.04. The Hall–Kier alpha value is -2.13. The van der Waals surface area contributed by atoms with Crippen LogP contribution >= 0.6 is 0 Å². The van der Waals surface area contributed by atoms with E-state index < -0.39 is 0 Å². The molecule has 0 spiro atoms. The molecule has 21 heavy (non-hydrogen) atoms. The van der Waals surface area contributed by atoms with Gasteiger partial charge in [0.05, 0.1) is 13.7 Å². The molecule has 0 saturated heterocycles. The summed E-state index contributed by atoms with van der Waals surface area (Å²) in [4.78, 5) is 11.9. The summed E-state index contributed by atoms with van der Waals surface area (Å²) in [5.41, 5.74) is 1.87. The molecule has 0 bridgehead atoms. The van der Waals surface area contributed by atoms with Crippen LogP contribution in [0.5, 0.6) is 5.75 Å². The zero-order chi connectivity index (χ0) is 14.9. The molecule has 110 valence electrons. The van der Waals surface area contributed by atoms with Crippen molar-refractivity contribution in [3.63, 3.8) is 0 Å². The molecule has 0 radical (unpaired) electrons. The van der Waals surface area contributed by atoms with Gasteiger partial charge in [0, 0.05) is 18.6 Å². The van der Waals surface area contributed by atoms with Crippen molar-refractivity contribution in [2.24, 2.45) is 0 Å². The van der Waals surface area contributed by atoms with Gasteiger partial charge in [-0.05, 0) is 24.1 Å². The summed E-state index contributed by atoms with van der Waals surface area (Å²) in [6.45, 7) is 1.15. The van der Waals surface area contributed by atoms with Gasteiger partial charge < -0.3 is 9.47 Å². The Morgan fingerprint density at radius 2 is 1.71 bits per heavy atom. The number of carbonyl (C=O) groups excluding carboxylic acids is 1. The SMILES string of the molecule is COc1ccc(COCCCC(=O)c2ccccc2)cc1. The van der Waals surface area contributed by atoms with Crippen LogP contribution in [0.2, 0.25) is 0 Å². The lowest BCUT2D eigenvalue weighted by atomic mass is 10.1. The number of ketones is 1. The lowest BCUT2D eigenvalue weighted by Gasteiger charge is -2.05. The van der Waals surface area contributed by atoms with Crippen molar-refractivity contribution < 1.29 is 14.3 Å². The van der Waals surface area contributed by atoms with Gasteiger partial charge in [0.25, 0.3) is 0 Å². The summed E-state index contributed by atoms with van der Waals surface area (Å²) in [5, 5.41) is 0. The van der Waals surface area contributed by atoms with Crippen LogP contribution in [-0.2, 0) is 11.3 Å². The first-order chi connectivity index (χ1) is 10.3. The van der Waals surface area contributed by atoms with Crippen LogP contribution in [0.4, 0.5) is 0 Å². The van der Waals surface area contributed by atoms with Gasteiger partial charge in [0.1, 0.15) is 5.75 Å².